The van der Waals surface area contributed by atoms with E-state index in [0.29, 0.717) is 67.2 Å². The van der Waals surface area contributed by atoms with Crippen molar-refractivity contribution in [3.05, 3.63) is 117 Å². The molecule has 14 nitrogen and oxygen atoms in total. The topological polar surface area (TPSA) is 178 Å². The van der Waals surface area contributed by atoms with Gasteiger partial charge in [0.05, 0.1) is 30.8 Å². The van der Waals surface area contributed by atoms with Crippen LogP contribution in [-0.4, -0.2) is 72.4 Å². The molecule has 0 radical (unpaired) electrons. The molecule has 0 bridgehead atoms. The second-order valence-electron chi connectivity index (χ2n) is 16.2. The maximum atomic E-state index is 14.2. The smallest absolute Gasteiger partial charge is 0.420 e. The first-order chi connectivity index (χ1) is 30.1. The summed E-state index contributed by atoms with van der Waals surface area (Å²) < 4.78 is 49.4. The third-order valence-corrected chi connectivity index (χ3v) is 9.46. The number of hydrogen-bond acceptors (Lipinski definition) is 13. The van der Waals surface area contributed by atoms with Crippen molar-refractivity contribution in [1.82, 2.24) is 34.8 Å². The maximum Gasteiger partial charge on any atom is 0.420 e. The van der Waals surface area contributed by atoms with E-state index in [1.54, 1.807) is 104 Å². The number of amides is 2. The summed E-state index contributed by atoms with van der Waals surface area (Å²) in [5.41, 5.74) is 8.40. The molecule has 2 aromatic heterocycles. The van der Waals surface area contributed by atoms with Crippen molar-refractivity contribution in [3.63, 3.8) is 0 Å². The number of methoxy groups -OCH3 is 2. The molecule has 0 unspecified atom stereocenters. The first kappa shape index (κ1) is 51.6. The number of nitrogens with zero attached hydrogens (tertiary/aromatic N) is 7. The minimum atomic E-state index is -0.862. The summed E-state index contributed by atoms with van der Waals surface area (Å²) in [6, 6.07) is 19.8. The van der Waals surface area contributed by atoms with E-state index in [0.717, 1.165) is 10.5 Å². The lowest BCUT2D eigenvalue weighted by atomic mass is 10.1. The van der Waals surface area contributed by atoms with Crippen LogP contribution in [0.25, 0.3) is 45.6 Å². The predicted octanol–water partition coefficient (Wildman–Crippen LogP) is 11.2. The van der Waals surface area contributed by atoms with Crippen LogP contribution in [0, 0.1) is 25.5 Å². The molecule has 0 aliphatic rings. The zero-order valence-corrected chi connectivity index (χ0v) is 39.7. The highest BCUT2D eigenvalue weighted by molar-refractivity contribution is 6.33. The molecule has 2 heterocycles. The Morgan fingerprint density at radius 3 is 1.35 bits per heavy atom. The minimum absolute atomic E-state index is 0. The summed E-state index contributed by atoms with van der Waals surface area (Å²) in [6.45, 7) is 13.7. The highest BCUT2D eigenvalue weighted by Crippen LogP contribution is 2.32. The number of carbonyl (C=O) groups is 2. The Hall–Kier alpha value is -6.07. The second kappa shape index (κ2) is 21.7. The lowest BCUT2D eigenvalue weighted by Crippen LogP contribution is -2.43. The van der Waals surface area contributed by atoms with Gasteiger partial charge in [-0.15, -0.1) is 12.4 Å². The van der Waals surface area contributed by atoms with Crippen LogP contribution in [0.3, 0.4) is 0 Å². The zero-order valence-electron chi connectivity index (χ0n) is 37.4. The van der Waals surface area contributed by atoms with Gasteiger partial charge in [-0.25, -0.2) is 33.2 Å². The molecule has 344 valence electrons. The molecule has 2 amide bonds. The molecule has 6 aromatic rings. The van der Waals surface area contributed by atoms with E-state index >= 15 is 0 Å². The van der Waals surface area contributed by atoms with Gasteiger partial charge in [-0.2, -0.15) is 19.9 Å². The fourth-order valence-electron chi connectivity index (χ4n) is 5.59. The SMILES string of the molecule is COc1nc(-c2ccc(C)c(F)c2)nc(-c2cc(CN(C(=O)OC(C)(C)C)C(=O)OC(C)(C)C)ccc2Cl)n1.COc1nc(-c2ccc(C)c(F)c2)nc(-c2cc(CN)ccc2Cl)n1.Cl. The van der Waals surface area contributed by atoms with E-state index in [1.165, 1.54) is 26.4 Å². The van der Waals surface area contributed by atoms with Gasteiger partial charge < -0.3 is 24.7 Å². The molecule has 0 aliphatic carbocycles. The first-order valence-corrected chi connectivity index (χ1v) is 20.5. The van der Waals surface area contributed by atoms with Crippen LogP contribution in [0.1, 0.15) is 63.8 Å². The quantitative estimate of drug-likeness (QED) is 0.145. The average molecular weight is 954 g/mol. The molecule has 0 saturated heterocycles. The summed E-state index contributed by atoms with van der Waals surface area (Å²) in [5, 5.41) is 0.778. The Bertz CT molecular complexity index is 2650. The normalized spacial score (nSPS) is 11.1. The van der Waals surface area contributed by atoms with Crippen LogP contribution in [0.5, 0.6) is 12.0 Å². The second-order valence-corrected chi connectivity index (χ2v) is 17.1. The number of ether oxygens (including phenoxy) is 4. The van der Waals surface area contributed by atoms with Crippen molar-refractivity contribution in [3.8, 4) is 57.6 Å². The molecule has 0 saturated carbocycles. The first-order valence-electron chi connectivity index (χ1n) is 19.7. The number of hydrogen-bond donors (Lipinski definition) is 1. The van der Waals surface area contributed by atoms with Crippen molar-refractivity contribution in [2.75, 3.05) is 14.2 Å². The Morgan fingerprint density at radius 1 is 0.600 bits per heavy atom. The van der Waals surface area contributed by atoms with Crippen LogP contribution in [0.4, 0.5) is 18.4 Å². The van der Waals surface area contributed by atoms with Gasteiger partial charge in [-0.05, 0) is 114 Å². The van der Waals surface area contributed by atoms with Gasteiger partial charge in [0.25, 0.3) is 0 Å². The number of imide groups is 1. The fraction of sp³-hybridized carbons (Fsp3) is 0.304. The summed E-state index contributed by atoms with van der Waals surface area (Å²) in [6.07, 6.45) is -1.72. The van der Waals surface area contributed by atoms with Gasteiger partial charge in [0.15, 0.2) is 23.3 Å². The number of nitrogens with two attached hydrogens (primary N) is 1. The molecule has 6 rings (SSSR count). The summed E-state index contributed by atoms with van der Waals surface area (Å²) in [5.74, 6) is 0.240. The zero-order chi connectivity index (χ0) is 47.1. The van der Waals surface area contributed by atoms with Gasteiger partial charge in [0.2, 0.25) is 0 Å². The van der Waals surface area contributed by atoms with Crippen LogP contribution >= 0.6 is 35.6 Å². The van der Waals surface area contributed by atoms with Gasteiger partial charge in [-0.3, -0.25) is 0 Å². The molecular formula is C46H49Cl3F2N8O6. The van der Waals surface area contributed by atoms with Crippen molar-refractivity contribution >= 4 is 47.8 Å². The lowest BCUT2D eigenvalue weighted by molar-refractivity contribution is -0.000264. The van der Waals surface area contributed by atoms with Crippen LogP contribution in [0.2, 0.25) is 10.0 Å². The van der Waals surface area contributed by atoms with Crippen LogP contribution in [-0.2, 0) is 22.6 Å². The van der Waals surface area contributed by atoms with E-state index < -0.39 is 29.2 Å². The molecule has 0 aliphatic heterocycles. The fourth-order valence-corrected chi connectivity index (χ4v) is 6.00. The van der Waals surface area contributed by atoms with Crippen molar-refractivity contribution in [2.24, 2.45) is 5.73 Å². The minimum Gasteiger partial charge on any atom is -0.467 e. The number of carbonyl (C=O) groups excluding carboxylic acids is 2. The standard InChI is InChI=1S/C28H32ClFN4O5.C18H16ClFN4O.ClH/c1-16-9-11-18(14-21(16)30)22-31-23(33-24(32-22)37-8)19-13-17(10-12-20(19)29)15-34(25(35)38-27(2,3)4)26(36)39-28(5,6)7;1-10-3-5-12(8-15(10)20)16-22-17(24-18(23-16)25-2)13-7-11(9-21)4-6-14(13)19;/h9-14H,15H2,1-8H3;3-8H,9,21H2,1-2H3;1H. The van der Waals surface area contributed by atoms with E-state index in [4.69, 9.17) is 47.9 Å². The largest absolute Gasteiger partial charge is 0.467 e. The van der Waals surface area contributed by atoms with Gasteiger partial charge in [0, 0.05) is 28.8 Å². The van der Waals surface area contributed by atoms with Crippen molar-refractivity contribution in [1.29, 1.82) is 0 Å². The number of rotatable bonds is 9. The molecule has 4 aromatic carbocycles. The maximum absolute atomic E-state index is 14.2. The molecule has 65 heavy (non-hydrogen) atoms. The lowest BCUT2D eigenvalue weighted by Gasteiger charge is -2.28. The number of benzene rings is 4. The summed E-state index contributed by atoms with van der Waals surface area (Å²) >= 11 is 12.8. The highest BCUT2D eigenvalue weighted by atomic mass is 35.5. The van der Waals surface area contributed by atoms with Gasteiger partial charge in [0.1, 0.15) is 22.8 Å². The molecule has 0 atom stereocenters. The highest BCUT2D eigenvalue weighted by Gasteiger charge is 2.31. The molecular weight excluding hydrogens is 905 g/mol. The third-order valence-electron chi connectivity index (χ3n) is 8.80. The Labute approximate surface area is 392 Å². The van der Waals surface area contributed by atoms with E-state index in [2.05, 4.69) is 29.9 Å². The van der Waals surface area contributed by atoms with Gasteiger partial charge in [-0.1, -0.05) is 59.6 Å². The van der Waals surface area contributed by atoms with Crippen molar-refractivity contribution < 1.29 is 37.3 Å². The van der Waals surface area contributed by atoms with Gasteiger partial charge >= 0.3 is 24.2 Å². The Morgan fingerprint density at radius 2 is 0.985 bits per heavy atom. The van der Waals surface area contributed by atoms with Crippen molar-refractivity contribution in [2.45, 2.75) is 79.7 Å². The van der Waals surface area contributed by atoms with E-state index in [1.807, 2.05) is 12.1 Å². The molecule has 0 fully saturated rings. The third kappa shape index (κ3) is 14.0. The van der Waals surface area contributed by atoms with Crippen LogP contribution in [0.15, 0.2) is 72.8 Å². The van der Waals surface area contributed by atoms with E-state index in [-0.39, 0.29) is 48.4 Å². The number of aromatic nitrogens is 6. The summed E-state index contributed by atoms with van der Waals surface area (Å²) in [7, 11) is 2.85. The monoisotopic (exact) mass is 952 g/mol. The average Bonchev–Trinajstić information content (AvgIpc) is 3.24. The summed E-state index contributed by atoms with van der Waals surface area (Å²) in [4.78, 5) is 52.7. The molecule has 19 heteroatoms. The number of aryl methyl sites for hydroxylation is 2. The molecule has 0 spiro atoms. The predicted molar refractivity (Wildman–Crippen MR) is 247 cm³/mol. The Kier molecular flexibility index (Phi) is 17.2. The van der Waals surface area contributed by atoms with E-state index in [9.17, 15) is 18.4 Å². The number of halogens is 5. The molecule has 2 N–H and O–H groups in total. The Balaban J connectivity index is 0.000000306. The van der Waals surface area contributed by atoms with Crippen LogP contribution < -0.4 is 15.2 Å².